The van der Waals surface area contributed by atoms with Crippen LogP contribution in [0.3, 0.4) is 0 Å². The van der Waals surface area contributed by atoms with Crippen molar-refractivity contribution in [1.29, 1.82) is 0 Å². The van der Waals surface area contributed by atoms with E-state index < -0.39 is 0 Å². The number of nitrogens with one attached hydrogen (secondary N) is 1. The van der Waals surface area contributed by atoms with Gasteiger partial charge in [-0.1, -0.05) is 12.1 Å². The van der Waals surface area contributed by atoms with Crippen molar-refractivity contribution in [3.8, 4) is 11.6 Å². The van der Waals surface area contributed by atoms with Gasteiger partial charge in [-0.3, -0.25) is 10.1 Å². The lowest BCUT2D eigenvalue weighted by molar-refractivity contribution is 0.468. The van der Waals surface area contributed by atoms with Crippen LogP contribution in [0.2, 0.25) is 0 Å². The molecule has 0 saturated heterocycles. The average molecular weight is 240 g/mol. The van der Waals surface area contributed by atoms with Gasteiger partial charge in [0.25, 0.3) is 0 Å². The molecule has 1 aromatic carbocycles. The molecule has 5 heteroatoms. The third-order valence-electron chi connectivity index (χ3n) is 2.64. The Hall–Kier alpha value is -2.56. The Balaban J connectivity index is 2.12. The first-order valence-electron chi connectivity index (χ1n) is 5.57. The first-order chi connectivity index (χ1) is 8.74. The summed E-state index contributed by atoms with van der Waals surface area (Å²) in [7, 11) is 0. The standard InChI is InChI=1S/C13H12N4O/c1-8-6-12(17-16-8)18-13-9-4-2-3-5-11(9)15-7-10(13)14/h2-7H,14H2,1H3,(H,16,17). The zero-order chi connectivity index (χ0) is 12.5. The molecule has 2 aromatic heterocycles. The van der Waals surface area contributed by atoms with Crippen LogP contribution in [-0.2, 0) is 0 Å². The first kappa shape index (κ1) is 10.6. The van der Waals surface area contributed by atoms with Crippen molar-refractivity contribution in [3.63, 3.8) is 0 Å². The molecule has 0 amide bonds. The van der Waals surface area contributed by atoms with Gasteiger partial charge in [0.1, 0.15) is 0 Å². The van der Waals surface area contributed by atoms with E-state index in [2.05, 4.69) is 15.2 Å². The lowest BCUT2D eigenvalue weighted by atomic mass is 10.2. The smallest absolute Gasteiger partial charge is 0.238 e. The zero-order valence-corrected chi connectivity index (χ0v) is 9.84. The number of hydrogen-bond donors (Lipinski definition) is 2. The predicted molar refractivity (Wildman–Crippen MR) is 69.6 cm³/mol. The van der Waals surface area contributed by atoms with Crippen LogP contribution in [0.15, 0.2) is 36.5 Å². The quantitative estimate of drug-likeness (QED) is 0.721. The molecule has 3 aromatic rings. The number of para-hydroxylation sites is 1. The highest BCUT2D eigenvalue weighted by atomic mass is 16.5. The van der Waals surface area contributed by atoms with Crippen LogP contribution < -0.4 is 10.5 Å². The first-order valence-corrected chi connectivity index (χ1v) is 5.57. The molecular weight excluding hydrogens is 228 g/mol. The van der Waals surface area contributed by atoms with Gasteiger partial charge in [0.15, 0.2) is 5.75 Å². The minimum absolute atomic E-state index is 0.495. The van der Waals surface area contributed by atoms with E-state index in [4.69, 9.17) is 10.5 Å². The molecule has 0 fully saturated rings. The zero-order valence-electron chi connectivity index (χ0n) is 9.84. The molecule has 0 aliphatic heterocycles. The van der Waals surface area contributed by atoms with E-state index in [0.717, 1.165) is 16.6 Å². The fraction of sp³-hybridized carbons (Fsp3) is 0.0769. The van der Waals surface area contributed by atoms with Gasteiger partial charge in [0.05, 0.1) is 17.4 Å². The largest absolute Gasteiger partial charge is 0.435 e. The average Bonchev–Trinajstić information content (AvgIpc) is 2.79. The number of H-pyrrole nitrogens is 1. The van der Waals surface area contributed by atoms with Crippen LogP contribution in [0.1, 0.15) is 5.69 Å². The van der Waals surface area contributed by atoms with Gasteiger partial charge in [-0.25, -0.2) is 0 Å². The number of benzene rings is 1. The second-order valence-corrected chi connectivity index (χ2v) is 4.05. The second kappa shape index (κ2) is 4.03. The molecule has 3 N–H and O–H groups in total. The van der Waals surface area contributed by atoms with Crippen LogP contribution in [0.5, 0.6) is 11.6 Å². The SMILES string of the molecule is Cc1cc(Oc2c(N)cnc3ccccc23)n[nH]1. The van der Waals surface area contributed by atoms with Crippen LogP contribution >= 0.6 is 0 Å². The topological polar surface area (TPSA) is 76.8 Å². The summed E-state index contributed by atoms with van der Waals surface area (Å²) in [6.45, 7) is 1.91. The van der Waals surface area contributed by atoms with Crippen molar-refractivity contribution in [2.75, 3.05) is 5.73 Å². The highest BCUT2D eigenvalue weighted by Gasteiger charge is 2.10. The summed E-state index contributed by atoms with van der Waals surface area (Å²) in [4.78, 5) is 4.26. The summed E-state index contributed by atoms with van der Waals surface area (Å²) in [5.41, 5.74) is 8.18. The number of aromatic nitrogens is 3. The Kier molecular flexibility index (Phi) is 2.37. The van der Waals surface area contributed by atoms with E-state index in [1.807, 2.05) is 37.3 Å². The maximum absolute atomic E-state index is 5.92. The van der Waals surface area contributed by atoms with Crippen molar-refractivity contribution >= 4 is 16.6 Å². The molecule has 3 rings (SSSR count). The lowest BCUT2D eigenvalue weighted by Crippen LogP contribution is -1.95. The molecule has 2 heterocycles. The maximum Gasteiger partial charge on any atom is 0.238 e. The van der Waals surface area contributed by atoms with Gasteiger partial charge in [-0.05, 0) is 19.1 Å². The third-order valence-corrected chi connectivity index (χ3v) is 2.64. The number of nitrogen functional groups attached to an aromatic ring is 1. The molecule has 0 radical (unpaired) electrons. The van der Waals surface area contributed by atoms with Gasteiger partial charge >= 0.3 is 0 Å². The fourth-order valence-corrected chi connectivity index (χ4v) is 1.80. The Morgan fingerprint density at radius 1 is 1.28 bits per heavy atom. The minimum atomic E-state index is 0.495. The van der Waals surface area contributed by atoms with Crippen molar-refractivity contribution in [1.82, 2.24) is 15.2 Å². The van der Waals surface area contributed by atoms with Gasteiger partial charge in [-0.15, -0.1) is 5.10 Å². The van der Waals surface area contributed by atoms with Crippen molar-refractivity contribution in [2.24, 2.45) is 0 Å². The Bertz CT molecular complexity index is 705. The Morgan fingerprint density at radius 3 is 2.89 bits per heavy atom. The number of aromatic amines is 1. The summed E-state index contributed by atoms with van der Waals surface area (Å²) < 4.78 is 5.74. The molecule has 0 saturated carbocycles. The number of rotatable bonds is 2. The molecule has 0 aliphatic rings. The molecule has 0 atom stereocenters. The molecule has 0 spiro atoms. The van der Waals surface area contributed by atoms with E-state index in [1.54, 1.807) is 6.20 Å². The van der Waals surface area contributed by atoms with Crippen LogP contribution in [0, 0.1) is 6.92 Å². The normalized spacial score (nSPS) is 10.7. The second-order valence-electron chi connectivity index (χ2n) is 4.05. The third kappa shape index (κ3) is 1.75. The predicted octanol–water partition coefficient (Wildman–Crippen LogP) is 2.64. The molecule has 18 heavy (non-hydrogen) atoms. The number of ether oxygens (including phenoxy) is 1. The lowest BCUT2D eigenvalue weighted by Gasteiger charge is -2.08. The number of pyridine rings is 1. The summed E-state index contributed by atoms with van der Waals surface area (Å²) >= 11 is 0. The number of aryl methyl sites for hydroxylation is 1. The van der Waals surface area contributed by atoms with Crippen LogP contribution in [-0.4, -0.2) is 15.2 Å². The molecule has 5 nitrogen and oxygen atoms in total. The Morgan fingerprint density at radius 2 is 2.11 bits per heavy atom. The van der Waals surface area contributed by atoms with E-state index in [0.29, 0.717) is 17.3 Å². The summed E-state index contributed by atoms with van der Waals surface area (Å²) in [6, 6.07) is 9.50. The van der Waals surface area contributed by atoms with E-state index in [9.17, 15) is 0 Å². The number of nitrogens with zero attached hydrogens (tertiary/aromatic N) is 2. The fourth-order valence-electron chi connectivity index (χ4n) is 1.80. The summed E-state index contributed by atoms with van der Waals surface area (Å²) in [5, 5.41) is 7.73. The van der Waals surface area contributed by atoms with Crippen molar-refractivity contribution in [2.45, 2.75) is 6.92 Å². The van der Waals surface area contributed by atoms with E-state index in [1.165, 1.54) is 0 Å². The van der Waals surface area contributed by atoms with Gasteiger partial charge in [-0.2, -0.15) is 0 Å². The molecule has 0 aliphatic carbocycles. The molecule has 0 unspecified atom stereocenters. The number of anilines is 1. The number of hydrogen-bond acceptors (Lipinski definition) is 4. The monoisotopic (exact) mass is 240 g/mol. The van der Waals surface area contributed by atoms with Crippen molar-refractivity contribution < 1.29 is 4.74 Å². The molecular formula is C13H12N4O. The molecule has 0 bridgehead atoms. The van der Waals surface area contributed by atoms with Crippen LogP contribution in [0.25, 0.3) is 10.9 Å². The maximum atomic E-state index is 5.92. The number of nitrogens with two attached hydrogens (primary N) is 1. The van der Waals surface area contributed by atoms with Crippen molar-refractivity contribution in [3.05, 3.63) is 42.2 Å². The van der Waals surface area contributed by atoms with E-state index in [-0.39, 0.29) is 0 Å². The van der Waals surface area contributed by atoms with Gasteiger partial charge in [0, 0.05) is 17.1 Å². The van der Waals surface area contributed by atoms with E-state index >= 15 is 0 Å². The summed E-state index contributed by atoms with van der Waals surface area (Å²) in [6.07, 6.45) is 1.59. The highest BCUT2D eigenvalue weighted by molar-refractivity contribution is 5.89. The minimum Gasteiger partial charge on any atom is -0.435 e. The number of fused-ring (bicyclic) bond motifs is 1. The van der Waals surface area contributed by atoms with Gasteiger partial charge in [0.2, 0.25) is 5.88 Å². The highest BCUT2D eigenvalue weighted by Crippen LogP contribution is 2.33. The molecule has 90 valence electrons. The summed E-state index contributed by atoms with van der Waals surface area (Å²) in [5.74, 6) is 1.09. The van der Waals surface area contributed by atoms with Crippen LogP contribution in [0.4, 0.5) is 5.69 Å². The van der Waals surface area contributed by atoms with Gasteiger partial charge < -0.3 is 10.5 Å². The Labute approximate surface area is 104 Å².